The Morgan fingerprint density at radius 1 is 0.380 bits per heavy atom. The summed E-state index contributed by atoms with van der Waals surface area (Å²) in [6, 6.07) is 70.9. The lowest BCUT2D eigenvalue weighted by atomic mass is 9.96. The fraction of sp³-hybridized carbons (Fsp3) is 0. The number of fused-ring (bicyclic) bond motifs is 3. The molecule has 50 heavy (non-hydrogen) atoms. The number of anilines is 3. The lowest BCUT2D eigenvalue weighted by Crippen LogP contribution is -2.11. The van der Waals surface area contributed by atoms with E-state index in [1.54, 1.807) is 0 Å². The number of nitrogens with zero attached hydrogens (tertiary/aromatic N) is 3. The number of aromatic nitrogens is 2. The summed E-state index contributed by atoms with van der Waals surface area (Å²) < 4.78 is 2.16. The van der Waals surface area contributed by atoms with Crippen LogP contribution >= 0.6 is 0 Å². The Labute approximate surface area is 292 Å². The van der Waals surface area contributed by atoms with Crippen molar-refractivity contribution < 1.29 is 0 Å². The smallest absolute Gasteiger partial charge is 0.101 e. The molecule has 0 bridgehead atoms. The third-order valence-electron chi connectivity index (χ3n) is 9.38. The predicted octanol–water partition coefficient (Wildman–Crippen LogP) is 12.6. The molecule has 0 saturated carbocycles. The van der Waals surface area contributed by atoms with Crippen molar-refractivity contribution in [1.82, 2.24) is 9.61 Å². The Bertz CT molecular complexity index is 2560. The van der Waals surface area contributed by atoms with Crippen molar-refractivity contribution in [3.8, 4) is 44.8 Å². The molecule has 9 rings (SSSR count). The number of benzene rings is 7. The van der Waals surface area contributed by atoms with Crippen LogP contribution in [0.1, 0.15) is 0 Å². The van der Waals surface area contributed by atoms with Gasteiger partial charge in [0.15, 0.2) is 0 Å². The van der Waals surface area contributed by atoms with Crippen LogP contribution < -0.4 is 4.90 Å². The standard InChI is InChI=1S/C47H33N3/c1-6-18-34(19-7-1)38-26-16-29-40(32-38)49(39-27-14-5-15-28-39)43-31-17-30-41-42(43)33-44(35-20-8-2-9-21-35)50-47(41)45(36-22-10-3-11-23-36)46(48-50)37-24-12-4-13-25-37/h1-33H. The first-order valence-electron chi connectivity index (χ1n) is 17.0. The number of hydrogen-bond donors (Lipinski definition) is 0. The number of hydrogen-bond acceptors (Lipinski definition) is 2. The summed E-state index contributed by atoms with van der Waals surface area (Å²) in [5.74, 6) is 0. The first kappa shape index (κ1) is 29.4. The van der Waals surface area contributed by atoms with Gasteiger partial charge in [0, 0.05) is 38.8 Å². The molecular weight excluding hydrogens is 607 g/mol. The van der Waals surface area contributed by atoms with Crippen LogP contribution in [-0.4, -0.2) is 9.61 Å². The molecule has 9 aromatic rings. The lowest BCUT2D eigenvalue weighted by Gasteiger charge is -2.28. The highest BCUT2D eigenvalue weighted by atomic mass is 15.2. The van der Waals surface area contributed by atoms with E-state index in [1.165, 1.54) is 11.1 Å². The first-order valence-corrected chi connectivity index (χ1v) is 17.0. The van der Waals surface area contributed by atoms with Crippen LogP contribution in [0, 0.1) is 0 Å². The van der Waals surface area contributed by atoms with Gasteiger partial charge in [-0.05, 0) is 53.1 Å². The number of para-hydroxylation sites is 1. The summed E-state index contributed by atoms with van der Waals surface area (Å²) in [4.78, 5) is 2.39. The van der Waals surface area contributed by atoms with Crippen molar-refractivity contribution in [1.29, 1.82) is 0 Å². The highest BCUT2D eigenvalue weighted by Crippen LogP contribution is 2.45. The minimum Gasteiger partial charge on any atom is -0.310 e. The van der Waals surface area contributed by atoms with E-state index in [-0.39, 0.29) is 0 Å². The summed E-state index contributed by atoms with van der Waals surface area (Å²) in [6.45, 7) is 0. The van der Waals surface area contributed by atoms with Crippen LogP contribution in [0.3, 0.4) is 0 Å². The normalized spacial score (nSPS) is 11.2. The summed E-state index contributed by atoms with van der Waals surface area (Å²) >= 11 is 0. The molecule has 2 aromatic heterocycles. The molecule has 3 nitrogen and oxygen atoms in total. The average Bonchev–Trinajstić information content (AvgIpc) is 3.61. The Morgan fingerprint density at radius 3 is 1.56 bits per heavy atom. The van der Waals surface area contributed by atoms with Crippen LogP contribution in [0.5, 0.6) is 0 Å². The molecule has 0 amide bonds. The molecule has 0 aliphatic carbocycles. The van der Waals surface area contributed by atoms with E-state index >= 15 is 0 Å². The Morgan fingerprint density at radius 2 is 0.900 bits per heavy atom. The monoisotopic (exact) mass is 639 g/mol. The minimum absolute atomic E-state index is 0.961. The van der Waals surface area contributed by atoms with Crippen LogP contribution in [-0.2, 0) is 0 Å². The third kappa shape index (κ3) is 5.22. The molecule has 0 atom stereocenters. The molecule has 0 unspecified atom stereocenters. The fourth-order valence-electron chi connectivity index (χ4n) is 7.10. The summed E-state index contributed by atoms with van der Waals surface area (Å²) in [6.07, 6.45) is 0. The zero-order valence-corrected chi connectivity index (χ0v) is 27.4. The molecule has 0 saturated heterocycles. The second-order valence-electron chi connectivity index (χ2n) is 12.4. The second kappa shape index (κ2) is 12.7. The van der Waals surface area contributed by atoms with Gasteiger partial charge in [-0.2, -0.15) is 5.10 Å². The van der Waals surface area contributed by atoms with Crippen LogP contribution in [0.4, 0.5) is 17.1 Å². The van der Waals surface area contributed by atoms with Crippen molar-refractivity contribution in [2.75, 3.05) is 4.90 Å². The quantitative estimate of drug-likeness (QED) is 0.173. The largest absolute Gasteiger partial charge is 0.310 e. The average molecular weight is 640 g/mol. The van der Waals surface area contributed by atoms with Crippen LogP contribution in [0.15, 0.2) is 200 Å². The Balaban J connectivity index is 1.39. The van der Waals surface area contributed by atoms with Gasteiger partial charge in [0.05, 0.1) is 16.9 Å². The van der Waals surface area contributed by atoms with Crippen LogP contribution in [0.2, 0.25) is 0 Å². The van der Waals surface area contributed by atoms with Gasteiger partial charge in [-0.25, -0.2) is 4.52 Å². The summed E-state index contributed by atoms with van der Waals surface area (Å²) in [5, 5.41) is 7.70. The minimum atomic E-state index is 0.961. The first-order chi connectivity index (χ1) is 24.8. The fourth-order valence-corrected chi connectivity index (χ4v) is 7.10. The molecule has 2 heterocycles. The van der Waals surface area contributed by atoms with Gasteiger partial charge in [-0.1, -0.05) is 164 Å². The number of rotatable bonds is 7. The molecule has 3 heteroatoms. The van der Waals surface area contributed by atoms with Gasteiger partial charge in [0.25, 0.3) is 0 Å². The van der Waals surface area contributed by atoms with E-state index in [0.717, 1.165) is 67.0 Å². The van der Waals surface area contributed by atoms with Crippen molar-refractivity contribution in [2.24, 2.45) is 0 Å². The Hall–Kier alpha value is -6.71. The highest BCUT2D eigenvalue weighted by molar-refractivity contribution is 6.13. The maximum Gasteiger partial charge on any atom is 0.101 e. The molecule has 0 N–H and O–H groups in total. The van der Waals surface area contributed by atoms with E-state index in [2.05, 4.69) is 210 Å². The predicted molar refractivity (Wildman–Crippen MR) is 209 cm³/mol. The maximum atomic E-state index is 5.42. The molecule has 0 aliphatic rings. The molecular formula is C47H33N3. The molecule has 0 fully saturated rings. The van der Waals surface area contributed by atoms with E-state index in [4.69, 9.17) is 5.10 Å². The molecule has 0 radical (unpaired) electrons. The topological polar surface area (TPSA) is 20.5 Å². The summed E-state index contributed by atoms with van der Waals surface area (Å²) in [5.41, 5.74) is 13.2. The zero-order chi connectivity index (χ0) is 33.3. The SMILES string of the molecule is c1ccc(-c2cccc(N(c3ccccc3)c3cccc4c3cc(-c3ccccc3)n3nc(-c5ccccc5)c(-c5ccccc5)c43)c2)cc1. The molecule has 0 aliphatic heterocycles. The molecule has 0 spiro atoms. The van der Waals surface area contributed by atoms with Crippen molar-refractivity contribution in [2.45, 2.75) is 0 Å². The maximum absolute atomic E-state index is 5.42. The van der Waals surface area contributed by atoms with Gasteiger partial charge in [-0.3, -0.25) is 0 Å². The van der Waals surface area contributed by atoms with Crippen molar-refractivity contribution >= 4 is 33.4 Å². The van der Waals surface area contributed by atoms with E-state index < -0.39 is 0 Å². The van der Waals surface area contributed by atoms with E-state index in [1.807, 2.05) is 0 Å². The van der Waals surface area contributed by atoms with Gasteiger partial charge in [-0.15, -0.1) is 0 Å². The van der Waals surface area contributed by atoms with Gasteiger partial charge < -0.3 is 4.90 Å². The van der Waals surface area contributed by atoms with E-state index in [0.29, 0.717) is 0 Å². The highest BCUT2D eigenvalue weighted by Gasteiger charge is 2.24. The van der Waals surface area contributed by atoms with Crippen LogP contribution in [0.25, 0.3) is 61.1 Å². The number of pyridine rings is 1. The molecule has 7 aromatic carbocycles. The Kier molecular flexibility index (Phi) is 7.49. The van der Waals surface area contributed by atoms with Crippen molar-refractivity contribution in [3.05, 3.63) is 200 Å². The summed E-state index contributed by atoms with van der Waals surface area (Å²) in [7, 11) is 0. The second-order valence-corrected chi connectivity index (χ2v) is 12.4. The van der Waals surface area contributed by atoms with E-state index in [9.17, 15) is 0 Å². The lowest BCUT2D eigenvalue weighted by molar-refractivity contribution is 0.979. The molecule has 236 valence electrons. The van der Waals surface area contributed by atoms with Gasteiger partial charge >= 0.3 is 0 Å². The zero-order valence-electron chi connectivity index (χ0n) is 27.4. The van der Waals surface area contributed by atoms with Gasteiger partial charge in [0.2, 0.25) is 0 Å². The third-order valence-corrected chi connectivity index (χ3v) is 9.38. The van der Waals surface area contributed by atoms with Crippen molar-refractivity contribution in [3.63, 3.8) is 0 Å². The van der Waals surface area contributed by atoms with Gasteiger partial charge in [0.1, 0.15) is 5.69 Å².